The van der Waals surface area contributed by atoms with E-state index in [1.54, 1.807) is 0 Å². The molecule has 0 saturated heterocycles. The Morgan fingerprint density at radius 1 is 1.38 bits per heavy atom. The van der Waals surface area contributed by atoms with Crippen LogP contribution in [0, 0.1) is 0 Å². The zero-order valence-electron chi connectivity index (χ0n) is 7.48. The highest BCUT2D eigenvalue weighted by Gasteiger charge is 2.43. The predicted molar refractivity (Wildman–Crippen MR) is 55.5 cm³/mol. The number of pyridine rings is 1. The SMILES string of the molecule is CCC1(c2ccc(Cl)nc2Cl)CC1. The van der Waals surface area contributed by atoms with Crippen molar-refractivity contribution in [2.45, 2.75) is 31.6 Å². The topological polar surface area (TPSA) is 12.9 Å². The molecule has 1 nitrogen and oxygen atoms in total. The molecule has 0 aromatic carbocycles. The van der Waals surface area contributed by atoms with E-state index in [4.69, 9.17) is 23.2 Å². The van der Waals surface area contributed by atoms with Gasteiger partial charge in [0, 0.05) is 0 Å². The highest BCUT2D eigenvalue weighted by Crippen LogP contribution is 2.52. The summed E-state index contributed by atoms with van der Waals surface area (Å²) in [6.45, 7) is 2.19. The average molecular weight is 216 g/mol. The van der Waals surface area contributed by atoms with Gasteiger partial charge in [0.2, 0.25) is 0 Å². The van der Waals surface area contributed by atoms with E-state index in [2.05, 4.69) is 11.9 Å². The third-order valence-corrected chi connectivity index (χ3v) is 3.42. The van der Waals surface area contributed by atoms with Gasteiger partial charge in [0.15, 0.2) is 0 Å². The molecule has 3 heteroatoms. The molecule has 0 aliphatic heterocycles. The summed E-state index contributed by atoms with van der Waals surface area (Å²) >= 11 is 11.8. The van der Waals surface area contributed by atoms with Crippen LogP contribution >= 0.6 is 23.2 Å². The van der Waals surface area contributed by atoms with Gasteiger partial charge in [-0.3, -0.25) is 0 Å². The first kappa shape index (κ1) is 9.29. The van der Waals surface area contributed by atoms with Crippen LogP contribution in [0.3, 0.4) is 0 Å². The summed E-state index contributed by atoms with van der Waals surface area (Å²) < 4.78 is 0. The lowest BCUT2D eigenvalue weighted by Crippen LogP contribution is -2.05. The van der Waals surface area contributed by atoms with Gasteiger partial charge in [0.05, 0.1) is 0 Å². The highest BCUT2D eigenvalue weighted by atomic mass is 35.5. The average Bonchev–Trinajstić information content (AvgIpc) is 2.85. The molecule has 0 N–H and O–H groups in total. The second kappa shape index (κ2) is 3.14. The largest absolute Gasteiger partial charge is 0.224 e. The lowest BCUT2D eigenvalue weighted by atomic mass is 9.95. The van der Waals surface area contributed by atoms with E-state index in [9.17, 15) is 0 Å². The summed E-state index contributed by atoms with van der Waals surface area (Å²) in [5, 5.41) is 1.05. The van der Waals surface area contributed by atoms with Gasteiger partial charge in [0.1, 0.15) is 10.3 Å². The van der Waals surface area contributed by atoms with Crippen LogP contribution in [0.4, 0.5) is 0 Å². The number of nitrogens with zero attached hydrogens (tertiary/aromatic N) is 1. The molecule has 1 heterocycles. The summed E-state index contributed by atoms with van der Waals surface area (Å²) in [7, 11) is 0. The van der Waals surface area contributed by atoms with Crippen molar-refractivity contribution >= 4 is 23.2 Å². The van der Waals surface area contributed by atoms with Gasteiger partial charge in [-0.1, -0.05) is 36.2 Å². The van der Waals surface area contributed by atoms with Crippen molar-refractivity contribution in [2.75, 3.05) is 0 Å². The van der Waals surface area contributed by atoms with Crippen LogP contribution in [0.1, 0.15) is 31.7 Å². The number of hydrogen-bond donors (Lipinski definition) is 0. The lowest BCUT2D eigenvalue weighted by Gasteiger charge is -2.13. The molecule has 0 unspecified atom stereocenters. The quantitative estimate of drug-likeness (QED) is 0.684. The van der Waals surface area contributed by atoms with Gasteiger partial charge < -0.3 is 0 Å². The minimum absolute atomic E-state index is 0.314. The summed E-state index contributed by atoms with van der Waals surface area (Å²) in [4.78, 5) is 4.06. The second-order valence-electron chi connectivity index (χ2n) is 3.61. The van der Waals surface area contributed by atoms with E-state index in [-0.39, 0.29) is 0 Å². The Morgan fingerprint density at radius 3 is 2.54 bits per heavy atom. The molecule has 0 bridgehead atoms. The maximum absolute atomic E-state index is 6.04. The first-order valence-corrected chi connectivity index (χ1v) is 5.26. The number of hydrogen-bond acceptors (Lipinski definition) is 1. The summed E-state index contributed by atoms with van der Waals surface area (Å²) in [5.41, 5.74) is 1.48. The van der Waals surface area contributed by atoms with Crippen LogP contribution in [-0.4, -0.2) is 4.98 Å². The zero-order chi connectivity index (χ0) is 9.47. The Balaban J connectivity index is 2.41. The van der Waals surface area contributed by atoms with E-state index in [0.717, 1.165) is 6.42 Å². The third-order valence-electron chi connectivity index (χ3n) is 2.92. The first-order chi connectivity index (χ1) is 6.18. The van der Waals surface area contributed by atoms with E-state index in [0.29, 0.717) is 15.7 Å². The fourth-order valence-corrected chi connectivity index (χ4v) is 2.32. The van der Waals surface area contributed by atoms with Crippen molar-refractivity contribution in [3.05, 3.63) is 28.0 Å². The van der Waals surface area contributed by atoms with Gasteiger partial charge in [-0.25, -0.2) is 4.98 Å². The predicted octanol–water partition coefficient (Wildman–Crippen LogP) is 3.83. The van der Waals surface area contributed by atoms with Gasteiger partial charge in [-0.05, 0) is 36.3 Å². The Kier molecular flexibility index (Phi) is 2.25. The summed E-state index contributed by atoms with van der Waals surface area (Å²) in [6, 6.07) is 3.83. The van der Waals surface area contributed by atoms with Crippen LogP contribution in [0.2, 0.25) is 10.3 Å². The highest BCUT2D eigenvalue weighted by molar-refractivity contribution is 6.33. The van der Waals surface area contributed by atoms with E-state index in [1.165, 1.54) is 18.4 Å². The second-order valence-corrected chi connectivity index (χ2v) is 4.35. The smallest absolute Gasteiger partial charge is 0.134 e. The molecule has 0 atom stereocenters. The minimum Gasteiger partial charge on any atom is -0.224 e. The van der Waals surface area contributed by atoms with Crippen LogP contribution < -0.4 is 0 Å². The molecule has 1 fully saturated rings. The Bertz CT molecular complexity index is 332. The molecule has 1 aliphatic carbocycles. The maximum atomic E-state index is 6.04. The molecule has 1 saturated carbocycles. The molecule has 2 rings (SSSR count). The third kappa shape index (κ3) is 1.55. The maximum Gasteiger partial charge on any atom is 0.134 e. The number of halogens is 2. The molecule has 1 aromatic heterocycles. The Morgan fingerprint density at radius 2 is 2.08 bits per heavy atom. The minimum atomic E-state index is 0.314. The fraction of sp³-hybridized carbons (Fsp3) is 0.500. The van der Waals surface area contributed by atoms with Crippen molar-refractivity contribution in [1.29, 1.82) is 0 Å². The van der Waals surface area contributed by atoms with Crippen LogP contribution in [0.5, 0.6) is 0 Å². The molecule has 0 radical (unpaired) electrons. The van der Waals surface area contributed by atoms with Crippen molar-refractivity contribution in [3.63, 3.8) is 0 Å². The van der Waals surface area contributed by atoms with Crippen LogP contribution in [0.15, 0.2) is 12.1 Å². The molecular weight excluding hydrogens is 205 g/mol. The normalized spacial score (nSPS) is 18.7. The van der Waals surface area contributed by atoms with Gasteiger partial charge >= 0.3 is 0 Å². The lowest BCUT2D eigenvalue weighted by molar-refractivity contribution is 0.661. The van der Waals surface area contributed by atoms with Crippen LogP contribution in [-0.2, 0) is 5.41 Å². The van der Waals surface area contributed by atoms with E-state index < -0.39 is 0 Å². The van der Waals surface area contributed by atoms with E-state index in [1.807, 2.05) is 12.1 Å². The van der Waals surface area contributed by atoms with Gasteiger partial charge in [0.25, 0.3) is 0 Å². The van der Waals surface area contributed by atoms with Crippen molar-refractivity contribution in [2.24, 2.45) is 0 Å². The van der Waals surface area contributed by atoms with E-state index >= 15 is 0 Å². The Labute approximate surface area is 88.1 Å². The molecule has 0 amide bonds. The van der Waals surface area contributed by atoms with Gasteiger partial charge in [-0.15, -0.1) is 0 Å². The van der Waals surface area contributed by atoms with Crippen LogP contribution in [0.25, 0.3) is 0 Å². The molecule has 13 heavy (non-hydrogen) atoms. The molecule has 0 spiro atoms. The summed E-state index contributed by atoms with van der Waals surface area (Å²) in [5.74, 6) is 0. The van der Waals surface area contributed by atoms with Crippen molar-refractivity contribution in [3.8, 4) is 0 Å². The van der Waals surface area contributed by atoms with Gasteiger partial charge in [-0.2, -0.15) is 0 Å². The number of rotatable bonds is 2. The Hall–Kier alpha value is -0.270. The van der Waals surface area contributed by atoms with Crippen molar-refractivity contribution in [1.82, 2.24) is 4.98 Å². The molecule has 1 aliphatic rings. The number of aromatic nitrogens is 1. The van der Waals surface area contributed by atoms with Crippen molar-refractivity contribution < 1.29 is 0 Å². The first-order valence-electron chi connectivity index (χ1n) is 4.50. The molecule has 70 valence electrons. The fourth-order valence-electron chi connectivity index (χ4n) is 1.77. The summed E-state index contributed by atoms with van der Waals surface area (Å²) in [6.07, 6.45) is 3.59. The zero-order valence-corrected chi connectivity index (χ0v) is 8.99. The monoisotopic (exact) mass is 215 g/mol. The standard InChI is InChI=1S/C10H11Cl2N/c1-2-10(5-6-10)7-3-4-8(11)13-9(7)12/h3-4H,2,5-6H2,1H3. The molecular formula is C10H11Cl2N. The molecule has 1 aromatic rings.